The van der Waals surface area contributed by atoms with Gasteiger partial charge in [-0.05, 0) is 18.2 Å². The minimum Gasteiger partial charge on any atom is -0.326 e. The topological polar surface area (TPSA) is 42.0 Å². The minimum absolute atomic E-state index is 0.00742. The number of hydrogen-bond donors (Lipinski definition) is 1. The van der Waals surface area contributed by atoms with Crippen LogP contribution in [-0.4, -0.2) is 10.9 Å². The SMILES string of the molecule is O=C(Cc1cscn1)Nc1ccc(Cl)c(C(F)(F)F)c1. The van der Waals surface area contributed by atoms with Gasteiger partial charge in [-0.3, -0.25) is 4.79 Å². The van der Waals surface area contributed by atoms with Crippen molar-refractivity contribution >= 4 is 34.5 Å². The van der Waals surface area contributed by atoms with Crippen molar-refractivity contribution in [2.24, 2.45) is 0 Å². The van der Waals surface area contributed by atoms with E-state index in [9.17, 15) is 18.0 Å². The Hall–Kier alpha value is -1.60. The molecule has 1 aromatic heterocycles. The molecule has 3 nitrogen and oxygen atoms in total. The van der Waals surface area contributed by atoms with Crippen molar-refractivity contribution in [1.82, 2.24) is 4.98 Å². The number of nitrogens with one attached hydrogen (secondary N) is 1. The average Bonchev–Trinajstić information content (AvgIpc) is 2.83. The highest BCUT2D eigenvalue weighted by molar-refractivity contribution is 7.07. The summed E-state index contributed by atoms with van der Waals surface area (Å²) in [6.45, 7) is 0. The molecule has 0 saturated carbocycles. The number of carbonyl (C=O) groups is 1. The van der Waals surface area contributed by atoms with E-state index in [2.05, 4.69) is 10.3 Å². The summed E-state index contributed by atoms with van der Waals surface area (Å²) in [6, 6.07) is 3.22. The Balaban J connectivity index is 2.12. The van der Waals surface area contributed by atoms with E-state index in [0.29, 0.717) is 5.69 Å². The first-order valence-corrected chi connectivity index (χ1v) is 6.72. The zero-order chi connectivity index (χ0) is 14.8. The van der Waals surface area contributed by atoms with Gasteiger partial charge in [-0.15, -0.1) is 11.3 Å². The Morgan fingerprint density at radius 2 is 2.15 bits per heavy atom. The van der Waals surface area contributed by atoms with E-state index in [-0.39, 0.29) is 12.1 Å². The van der Waals surface area contributed by atoms with E-state index in [1.54, 1.807) is 10.9 Å². The summed E-state index contributed by atoms with van der Waals surface area (Å²) in [5.41, 5.74) is 1.21. The van der Waals surface area contributed by atoms with Crippen LogP contribution in [0.3, 0.4) is 0 Å². The molecular formula is C12H8ClF3N2OS. The number of alkyl halides is 3. The normalized spacial score (nSPS) is 11.4. The Kier molecular flexibility index (Phi) is 4.29. The molecule has 0 spiro atoms. The fourth-order valence-electron chi connectivity index (χ4n) is 1.51. The number of rotatable bonds is 3. The van der Waals surface area contributed by atoms with E-state index >= 15 is 0 Å². The Bertz CT molecular complexity index is 614. The molecule has 0 bridgehead atoms. The zero-order valence-corrected chi connectivity index (χ0v) is 11.4. The lowest BCUT2D eigenvalue weighted by Crippen LogP contribution is -2.15. The van der Waals surface area contributed by atoms with Crippen LogP contribution in [0.2, 0.25) is 5.02 Å². The molecule has 1 amide bonds. The van der Waals surface area contributed by atoms with Crippen LogP contribution >= 0.6 is 22.9 Å². The van der Waals surface area contributed by atoms with Crippen LogP contribution in [0.5, 0.6) is 0 Å². The number of anilines is 1. The molecular weight excluding hydrogens is 313 g/mol. The third kappa shape index (κ3) is 3.71. The minimum atomic E-state index is -4.56. The van der Waals surface area contributed by atoms with Crippen LogP contribution in [0, 0.1) is 0 Å². The molecule has 1 aromatic carbocycles. The van der Waals surface area contributed by atoms with Crippen LogP contribution in [-0.2, 0) is 17.4 Å². The highest BCUT2D eigenvalue weighted by atomic mass is 35.5. The number of thiazole rings is 1. The predicted molar refractivity (Wildman–Crippen MR) is 70.9 cm³/mol. The molecule has 1 N–H and O–H groups in total. The second-order valence-corrected chi connectivity index (χ2v) is 5.02. The number of hydrogen-bond acceptors (Lipinski definition) is 3. The molecule has 2 rings (SSSR count). The van der Waals surface area contributed by atoms with Gasteiger partial charge < -0.3 is 5.32 Å². The second-order valence-electron chi connectivity index (χ2n) is 3.90. The van der Waals surface area contributed by atoms with Crippen LogP contribution in [0.4, 0.5) is 18.9 Å². The van der Waals surface area contributed by atoms with Gasteiger partial charge in [0.25, 0.3) is 0 Å². The lowest BCUT2D eigenvalue weighted by atomic mass is 10.2. The zero-order valence-electron chi connectivity index (χ0n) is 9.87. The molecule has 0 aliphatic rings. The first kappa shape index (κ1) is 14.8. The summed E-state index contributed by atoms with van der Waals surface area (Å²) in [5, 5.41) is 3.68. The number of halogens is 4. The maximum atomic E-state index is 12.7. The Morgan fingerprint density at radius 3 is 2.75 bits per heavy atom. The smallest absolute Gasteiger partial charge is 0.326 e. The van der Waals surface area contributed by atoms with Crippen molar-refractivity contribution in [1.29, 1.82) is 0 Å². The van der Waals surface area contributed by atoms with Gasteiger partial charge in [-0.25, -0.2) is 4.98 Å². The van der Waals surface area contributed by atoms with Crippen LogP contribution in [0.1, 0.15) is 11.3 Å². The highest BCUT2D eigenvalue weighted by Gasteiger charge is 2.33. The molecule has 0 radical (unpaired) electrons. The summed E-state index contributed by atoms with van der Waals surface area (Å²) in [5.74, 6) is -0.439. The van der Waals surface area contributed by atoms with E-state index in [0.717, 1.165) is 12.1 Å². The number of carbonyl (C=O) groups excluding carboxylic acids is 1. The molecule has 0 aliphatic carbocycles. The molecule has 0 atom stereocenters. The summed E-state index contributed by atoms with van der Waals surface area (Å²) < 4.78 is 38.0. The molecule has 0 fully saturated rings. The van der Waals surface area contributed by atoms with Crippen molar-refractivity contribution < 1.29 is 18.0 Å². The van der Waals surface area contributed by atoms with Crippen molar-refractivity contribution in [2.45, 2.75) is 12.6 Å². The van der Waals surface area contributed by atoms with Gasteiger partial charge in [0.15, 0.2) is 0 Å². The van der Waals surface area contributed by atoms with E-state index in [1.165, 1.54) is 17.4 Å². The lowest BCUT2D eigenvalue weighted by molar-refractivity contribution is -0.137. The molecule has 2 aromatic rings. The van der Waals surface area contributed by atoms with Gasteiger partial charge in [0.05, 0.1) is 28.2 Å². The van der Waals surface area contributed by atoms with E-state index in [4.69, 9.17) is 11.6 Å². The number of nitrogens with zero attached hydrogens (tertiary/aromatic N) is 1. The maximum Gasteiger partial charge on any atom is 0.417 e. The third-order valence-electron chi connectivity index (χ3n) is 2.38. The first-order chi connectivity index (χ1) is 9.36. The quantitative estimate of drug-likeness (QED) is 0.929. The largest absolute Gasteiger partial charge is 0.417 e. The van der Waals surface area contributed by atoms with E-state index < -0.39 is 22.7 Å². The van der Waals surface area contributed by atoms with Crippen LogP contribution in [0.25, 0.3) is 0 Å². The number of aromatic nitrogens is 1. The highest BCUT2D eigenvalue weighted by Crippen LogP contribution is 2.36. The van der Waals surface area contributed by atoms with Gasteiger partial charge in [0.1, 0.15) is 0 Å². The first-order valence-electron chi connectivity index (χ1n) is 5.40. The van der Waals surface area contributed by atoms with Crippen molar-refractivity contribution in [2.75, 3.05) is 5.32 Å². The van der Waals surface area contributed by atoms with Gasteiger partial charge in [0, 0.05) is 11.1 Å². The Labute approximate surface area is 121 Å². The number of benzene rings is 1. The lowest BCUT2D eigenvalue weighted by Gasteiger charge is -2.11. The third-order valence-corrected chi connectivity index (χ3v) is 3.35. The van der Waals surface area contributed by atoms with Crippen LogP contribution in [0.15, 0.2) is 29.1 Å². The van der Waals surface area contributed by atoms with E-state index in [1.807, 2.05) is 0 Å². The van der Waals surface area contributed by atoms with Gasteiger partial charge >= 0.3 is 6.18 Å². The summed E-state index contributed by atoms with van der Waals surface area (Å²) in [4.78, 5) is 15.6. The molecule has 1 heterocycles. The standard InChI is InChI=1S/C12H8ClF3N2OS/c13-10-2-1-7(3-9(10)12(14,15)16)18-11(19)4-8-5-20-6-17-8/h1-3,5-6H,4H2,(H,18,19). The summed E-state index contributed by atoms with van der Waals surface area (Å²) in [7, 11) is 0. The molecule has 106 valence electrons. The maximum absolute atomic E-state index is 12.7. The Morgan fingerprint density at radius 1 is 1.40 bits per heavy atom. The monoisotopic (exact) mass is 320 g/mol. The van der Waals surface area contributed by atoms with Gasteiger partial charge in [-0.1, -0.05) is 11.6 Å². The molecule has 0 aliphatic heterocycles. The summed E-state index contributed by atoms with van der Waals surface area (Å²) in [6.07, 6.45) is -4.56. The molecule has 0 unspecified atom stereocenters. The van der Waals surface area contributed by atoms with Crippen molar-refractivity contribution in [3.05, 3.63) is 45.4 Å². The van der Waals surface area contributed by atoms with Gasteiger partial charge in [0.2, 0.25) is 5.91 Å². The fourth-order valence-corrected chi connectivity index (χ4v) is 2.30. The number of amides is 1. The van der Waals surface area contributed by atoms with Gasteiger partial charge in [-0.2, -0.15) is 13.2 Å². The van der Waals surface area contributed by atoms with Crippen LogP contribution < -0.4 is 5.32 Å². The van der Waals surface area contributed by atoms with Crippen molar-refractivity contribution in [3.8, 4) is 0 Å². The second kappa shape index (κ2) is 5.80. The summed E-state index contributed by atoms with van der Waals surface area (Å²) >= 11 is 6.83. The molecule has 8 heteroatoms. The van der Waals surface area contributed by atoms with Crippen molar-refractivity contribution in [3.63, 3.8) is 0 Å². The average molecular weight is 321 g/mol. The molecule has 0 saturated heterocycles. The molecule has 20 heavy (non-hydrogen) atoms. The predicted octanol–water partition coefficient (Wildman–Crippen LogP) is 4.00. The fraction of sp³-hybridized carbons (Fsp3) is 0.167.